The van der Waals surface area contributed by atoms with Crippen molar-refractivity contribution in [2.75, 3.05) is 18.0 Å². The minimum Gasteiger partial charge on any atom is -0.497 e. The van der Waals surface area contributed by atoms with Crippen LogP contribution in [0.1, 0.15) is 39.7 Å². The molecule has 0 aliphatic heterocycles. The lowest BCUT2D eigenvalue weighted by molar-refractivity contribution is -0.141. The average molecular weight is 631 g/mol. The predicted molar refractivity (Wildman–Crippen MR) is 161 cm³/mol. The van der Waals surface area contributed by atoms with Gasteiger partial charge in [0, 0.05) is 16.6 Å². The first kappa shape index (κ1) is 31.2. The van der Waals surface area contributed by atoms with Gasteiger partial charge in [-0.25, -0.2) is 8.42 Å². The Bertz CT molecular complexity index is 1410. The zero-order chi connectivity index (χ0) is 29.5. The van der Waals surface area contributed by atoms with Crippen LogP contribution >= 0.6 is 15.9 Å². The van der Waals surface area contributed by atoms with Crippen molar-refractivity contribution in [2.45, 2.75) is 57.1 Å². The summed E-state index contributed by atoms with van der Waals surface area (Å²) in [5, 5.41) is 2.97. The Balaban J connectivity index is 2.06. The third-order valence-electron chi connectivity index (χ3n) is 6.10. The normalized spacial score (nSPS) is 12.3. The van der Waals surface area contributed by atoms with Crippen LogP contribution in [-0.2, 0) is 26.2 Å². The molecule has 0 bridgehead atoms. The Morgan fingerprint density at radius 2 is 1.62 bits per heavy atom. The Morgan fingerprint density at radius 3 is 2.20 bits per heavy atom. The molecule has 0 aliphatic carbocycles. The number of halogens is 1. The van der Waals surface area contributed by atoms with Crippen LogP contribution in [-0.4, -0.2) is 50.4 Å². The second-order valence-electron chi connectivity index (χ2n) is 10.3. The Kier molecular flexibility index (Phi) is 10.4. The van der Waals surface area contributed by atoms with Gasteiger partial charge in [0.05, 0.1) is 17.7 Å². The number of methoxy groups -OCH3 is 1. The molecular weight excluding hydrogens is 594 g/mol. The summed E-state index contributed by atoms with van der Waals surface area (Å²) >= 11 is 3.38. The minimum atomic E-state index is -4.11. The van der Waals surface area contributed by atoms with Crippen molar-refractivity contribution >= 4 is 43.5 Å². The molecule has 3 aromatic rings. The third-order valence-corrected chi connectivity index (χ3v) is 8.41. The summed E-state index contributed by atoms with van der Waals surface area (Å²) < 4.78 is 34.9. The number of anilines is 1. The number of carbonyl (C=O) groups is 2. The van der Waals surface area contributed by atoms with Gasteiger partial charge in [-0.1, -0.05) is 53.2 Å². The zero-order valence-corrected chi connectivity index (χ0v) is 25.8. The van der Waals surface area contributed by atoms with Gasteiger partial charge in [0.1, 0.15) is 18.3 Å². The number of nitrogens with zero attached hydrogens (tertiary/aromatic N) is 2. The van der Waals surface area contributed by atoms with E-state index in [4.69, 9.17) is 4.74 Å². The number of hydrogen-bond acceptors (Lipinski definition) is 5. The maximum Gasteiger partial charge on any atom is 0.264 e. The van der Waals surface area contributed by atoms with Crippen LogP contribution in [0.15, 0.2) is 88.2 Å². The smallest absolute Gasteiger partial charge is 0.264 e. The Morgan fingerprint density at radius 1 is 0.975 bits per heavy atom. The van der Waals surface area contributed by atoms with Crippen LogP contribution < -0.4 is 14.4 Å². The number of hydrogen-bond donors (Lipinski definition) is 1. The van der Waals surface area contributed by atoms with Gasteiger partial charge in [-0.2, -0.15) is 0 Å². The SMILES string of the molecule is CC[C@@H](C(=O)NC(C)(C)C)N(Cc1cccc(OC)c1)C(=O)CN(c1ccc(Br)cc1)S(=O)(=O)c1ccccc1. The summed E-state index contributed by atoms with van der Waals surface area (Å²) in [4.78, 5) is 29.0. The molecule has 0 saturated carbocycles. The second kappa shape index (κ2) is 13.3. The predicted octanol–water partition coefficient (Wildman–Crippen LogP) is 5.38. The van der Waals surface area contributed by atoms with Crippen LogP contribution in [0.2, 0.25) is 0 Å². The number of carbonyl (C=O) groups excluding carboxylic acids is 2. The molecule has 1 N–H and O–H groups in total. The maximum atomic E-state index is 14.1. The number of sulfonamides is 1. The monoisotopic (exact) mass is 629 g/mol. The van der Waals surface area contributed by atoms with Gasteiger partial charge in [0.25, 0.3) is 10.0 Å². The fourth-order valence-corrected chi connectivity index (χ4v) is 5.90. The van der Waals surface area contributed by atoms with Crippen LogP contribution in [0, 0.1) is 0 Å². The lowest BCUT2D eigenvalue weighted by Crippen LogP contribution is -2.55. The van der Waals surface area contributed by atoms with Crippen molar-refractivity contribution in [1.29, 1.82) is 0 Å². The van der Waals surface area contributed by atoms with Crippen LogP contribution in [0.4, 0.5) is 5.69 Å². The van der Waals surface area contributed by atoms with Crippen LogP contribution in [0.5, 0.6) is 5.75 Å². The van der Waals surface area contributed by atoms with Gasteiger partial charge in [-0.15, -0.1) is 0 Å². The van der Waals surface area contributed by atoms with Crippen LogP contribution in [0.25, 0.3) is 0 Å². The fraction of sp³-hybridized carbons (Fsp3) is 0.333. The average Bonchev–Trinajstić information content (AvgIpc) is 2.91. The van der Waals surface area contributed by atoms with E-state index in [9.17, 15) is 18.0 Å². The molecule has 40 heavy (non-hydrogen) atoms. The molecule has 0 unspecified atom stereocenters. The molecule has 0 heterocycles. The van der Waals surface area contributed by atoms with E-state index in [0.29, 0.717) is 17.9 Å². The van der Waals surface area contributed by atoms with E-state index in [1.165, 1.54) is 17.0 Å². The number of amides is 2. The first-order chi connectivity index (χ1) is 18.9. The van der Waals surface area contributed by atoms with Crippen molar-refractivity contribution in [3.8, 4) is 5.75 Å². The summed E-state index contributed by atoms with van der Waals surface area (Å²) in [6.45, 7) is 7.02. The number of rotatable bonds is 11. The lowest BCUT2D eigenvalue weighted by Gasteiger charge is -2.34. The van der Waals surface area contributed by atoms with E-state index in [1.54, 1.807) is 67.8 Å². The molecule has 1 atom stereocenters. The highest BCUT2D eigenvalue weighted by Gasteiger charge is 2.34. The van der Waals surface area contributed by atoms with Crippen molar-refractivity contribution < 1.29 is 22.7 Å². The summed E-state index contributed by atoms with van der Waals surface area (Å²) in [5.74, 6) is -0.214. The topological polar surface area (TPSA) is 96.0 Å². The molecule has 0 fully saturated rings. The van der Waals surface area contributed by atoms with E-state index in [-0.39, 0.29) is 17.3 Å². The molecule has 2 amide bonds. The van der Waals surface area contributed by atoms with Crippen molar-refractivity contribution in [1.82, 2.24) is 10.2 Å². The molecule has 8 nitrogen and oxygen atoms in total. The standard InChI is InChI=1S/C30H36BrN3O5S/c1-6-27(29(36)32-30(2,3)4)33(20-22-11-10-12-25(19-22)39-5)28(35)21-34(24-17-15-23(31)16-18-24)40(37,38)26-13-8-7-9-14-26/h7-19,27H,6,20-21H2,1-5H3,(H,32,36)/t27-/m0/s1. The van der Waals surface area contributed by atoms with E-state index in [2.05, 4.69) is 21.2 Å². The fourth-order valence-electron chi connectivity index (χ4n) is 4.20. The van der Waals surface area contributed by atoms with Crippen molar-refractivity contribution in [3.05, 3.63) is 88.9 Å². The quantitative estimate of drug-likeness (QED) is 0.307. The van der Waals surface area contributed by atoms with Gasteiger partial charge in [-0.05, 0) is 81.3 Å². The number of nitrogens with one attached hydrogen (secondary N) is 1. The zero-order valence-electron chi connectivity index (χ0n) is 23.4. The first-order valence-corrected chi connectivity index (χ1v) is 15.2. The number of ether oxygens (including phenoxy) is 1. The maximum absolute atomic E-state index is 14.1. The van der Waals surface area contributed by atoms with E-state index < -0.39 is 34.1 Å². The highest BCUT2D eigenvalue weighted by atomic mass is 79.9. The summed E-state index contributed by atoms with van der Waals surface area (Å²) in [5.41, 5.74) is 0.555. The molecule has 3 aromatic carbocycles. The molecule has 0 spiro atoms. The van der Waals surface area contributed by atoms with Gasteiger partial charge < -0.3 is 15.0 Å². The lowest BCUT2D eigenvalue weighted by atomic mass is 10.1. The third kappa shape index (κ3) is 8.08. The molecule has 10 heteroatoms. The molecule has 214 valence electrons. The van der Waals surface area contributed by atoms with Gasteiger partial charge in [-0.3, -0.25) is 13.9 Å². The van der Waals surface area contributed by atoms with Gasteiger partial charge >= 0.3 is 0 Å². The van der Waals surface area contributed by atoms with Crippen molar-refractivity contribution in [2.24, 2.45) is 0 Å². The molecule has 0 aliphatic rings. The Labute approximate surface area is 245 Å². The van der Waals surface area contributed by atoms with E-state index in [1.807, 2.05) is 33.8 Å². The molecular formula is C30H36BrN3O5S. The van der Waals surface area contributed by atoms with E-state index in [0.717, 1.165) is 14.3 Å². The summed E-state index contributed by atoms with van der Waals surface area (Å²) in [6.07, 6.45) is 0.335. The molecule has 0 radical (unpaired) electrons. The molecule has 0 aromatic heterocycles. The Hall–Kier alpha value is -3.37. The minimum absolute atomic E-state index is 0.0579. The van der Waals surface area contributed by atoms with Gasteiger partial charge in [0.15, 0.2) is 0 Å². The summed E-state index contributed by atoms with van der Waals surface area (Å²) in [6, 6.07) is 21.1. The second-order valence-corrected chi connectivity index (χ2v) is 13.1. The van der Waals surface area contributed by atoms with Crippen molar-refractivity contribution in [3.63, 3.8) is 0 Å². The first-order valence-electron chi connectivity index (χ1n) is 12.9. The highest BCUT2D eigenvalue weighted by molar-refractivity contribution is 9.10. The number of benzene rings is 3. The molecule has 3 rings (SSSR count). The van der Waals surface area contributed by atoms with Gasteiger partial charge in [0.2, 0.25) is 11.8 Å². The largest absolute Gasteiger partial charge is 0.497 e. The van der Waals surface area contributed by atoms with E-state index >= 15 is 0 Å². The molecule has 0 saturated heterocycles. The summed E-state index contributed by atoms with van der Waals surface area (Å²) in [7, 11) is -2.56. The van der Waals surface area contributed by atoms with Crippen LogP contribution in [0.3, 0.4) is 0 Å². The highest BCUT2D eigenvalue weighted by Crippen LogP contribution is 2.26.